The van der Waals surface area contributed by atoms with Gasteiger partial charge < -0.3 is 14.6 Å². The van der Waals surface area contributed by atoms with Crippen molar-refractivity contribution in [3.63, 3.8) is 0 Å². The number of aliphatic carboxylic acids is 1. The zero-order chi connectivity index (χ0) is 25.0. The molecule has 3 rings (SSSR count). The summed E-state index contributed by atoms with van der Waals surface area (Å²) in [6.07, 6.45) is -0.189. The van der Waals surface area contributed by atoms with Crippen LogP contribution in [0.5, 0.6) is 11.5 Å². The Kier molecular flexibility index (Phi) is 7.65. The minimum Gasteiger partial charge on any atom is -0.497 e. The minimum absolute atomic E-state index is 0.0657. The first kappa shape index (κ1) is 25.3. The van der Waals surface area contributed by atoms with E-state index in [2.05, 4.69) is 26.8 Å². The number of carbonyl (C=O) groups is 1. The van der Waals surface area contributed by atoms with E-state index in [4.69, 9.17) is 14.6 Å². The fourth-order valence-electron chi connectivity index (χ4n) is 4.05. The molecule has 0 spiro atoms. The quantitative estimate of drug-likeness (QED) is 0.375. The molecule has 0 aliphatic carbocycles. The highest BCUT2D eigenvalue weighted by Gasteiger charge is 2.23. The first-order valence-corrected chi connectivity index (χ1v) is 11.5. The van der Waals surface area contributed by atoms with Crippen molar-refractivity contribution in [1.29, 1.82) is 0 Å². The number of halogens is 1. The summed E-state index contributed by atoms with van der Waals surface area (Å²) in [5, 5.41) is 9.09. The summed E-state index contributed by atoms with van der Waals surface area (Å²) in [6, 6.07) is 18.3. The van der Waals surface area contributed by atoms with Crippen LogP contribution in [-0.2, 0) is 10.2 Å². The number of hydrogen-bond acceptors (Lipinski definition) is 3. The molecule has 2 atom stereocenters. The summed E-state index contributed by atoms with van der Waals surface area (Å²) in [6.45, 7) is 10.2. The van der Waals surface area contributed by atoms with Crippen LogP contribution in [0.4, 0.5) is 4.39 Å². The monoisotopic (exact) mass is 464 g/mol. The van der Waals surface area contributed by atoms with E-state index < -0.39 is 5.97 Å². The average molecular weight is 465 g/mol. The zero-order valence-electron chi connectivity index (χ0n) is 20.7. The fraction of sp³-hybridized carbons (Fsp3) is 0.345. The molecule has 0 bridgehead atoms. The minimum atomic E-state index is -0.825. The van der Waals surface area contributed by atoms with Crippen LogP contribution < -0.4 is 9.47 Å². The number of hydrogen-bond donors (Lipinski definition) is 1. The first-order valence-electron chi connectivity index (χ1n) is 11.5. The number of benzene rings is 3. The normalized spacial score (nSPS) is 13.3. The van der Waals surface area contributed by atoms with Gasteiger partial charge in [-0.2, -0.15) is 0 Å². The third kappa shape index (κ3) is 5.96. The van der Waals surface area contributed by atoms with Crippen LogP contribution in [0.15, 0.2) is 60.7 Å². The van der Waals surface area contributed by atoms with E-state index in [1.165, 1.54) is 6.07 Å². The Hall–Kier alpha value is -3.34. The van der Waals surface area contributed by atoms with Gasteiger partial charge in [-0.15, -0.1) is 0 Å². The molecular weight excluding hydrogens is 431 g/mol. The van der Waals surface area contributed by atoms with E-state index in [1.807, 2.05) is 50.2 Å². The topological polar surface area (TPSA) is 55.8 Å². The van der Waals surface area contributed by atoms with Gasteiger partial charge in [-0.1, -0.05) is 58.0 Å². The number of carboxylic acid groups (broad SMARTS) is 1. The smallest absolute Gasteiger partial charge is 0.303 e. The maximum atomic E-state index is 14.8. The van der Waals surface area contributed by atoms with Gasteiger partial charge in [0.1, 0.15) is 23.4 Å². The van der Waals surface area contributed by atoms with Crippen molar-refractivity contribution in [1.82, 2.24) is 0 Å². The van der Waals surface area contributed by atoms with Crippen molar-refractivity contribution in [3.05, 3.63) is 83.2 Å². The molecule has 34 heavy (non-hydrogen) atoms. The third-order valence-electron chi connectivity index (χ3n) is 6.01. The zero-order valence-corrected chi connectivity index (χ0v) is 20.7. The van der Waals surface area contributed by atoms with Gasteiger partial charge in [0, 0.05) is 5.56 Å². The highest BCUT2D eigenvalue weighted by molar-refractivity contribution is 5.71. The molecular formula is C29H33FO4. The van der Waals surface area contributed by atoms with Gasteiger partial charge in [0.2, 0.25) is 0 Å². The maximum absolute atomic E-state index is 14.8. The van der Waals surface area contributed by atoms with Gasteiger partial charge in [0.25, 0.3) is 0 Å². The predicted octanol–water partition coefficient (Wildman–Crippen LogP) is 7.52. The van der Waals surface area contributed by atoms with Gasteiger partial charge in [-0.3, -0.25) is 4.79 Å². The van der Waals surface area contributed by atoms with Crippen LogP contribution >= 0.6 is 0 Å². The van der Waals surface area contributed by atoms with Gasteiger partial charge >= 0.3 is 5.97 Å². The van der Waals surface area contributed by atoms with Gasteiger partial charge in [-0.05, 0) is 70.8 Å². The lowest BCUT2D eigenvalue weighted by atomic mass is 9.80. The standard InChI is InChI=1S/C29H33FO4/c1-18(14-28(31)32)20-8-7-9-23(15-20)34-19(2)21-10-12-24(26(16-21)29(3,4)5)25-17-22(33-6)11-13-27(25)30/h7-13,15-19H,14H2,1-6H3,(H,31,32)/t18-,19+/m0/s1. The molecule has 0 saturated heterocycles. The van der Waals surface area contributed by atoms with E-state index >= 15 is 0 Å². The van der Waals surface area contributed by atoms with Gasteiger partial charge in [0.15, 0.2) is 0 Å². The van der Waals surface area contributed by atoms with Crippen LogP contribution in [-0.4, -0.2) is 18.2 Å². The molecule has 0 radical (unpaired) electrons. The molecule has 0 unspecified atom stereocenters. The summed E-state index contributed by atoms with van der Waals surface area (Å²) >= 11 is 0. The molecule has 0 heterocycles. The fourth-order valence-corrected chi connectivity index (χ4v) is 4.05. The summed E-state index contributed by atoms with van der Waals surface area (Å²) in [4.78, 5) is 11.1. The number of rotatable bonds is 8. The Morgan fingerprint density at radius 3 is 2.32 bits per heavy atom. The molecule has 0 fully saturated rings. The summed E-state index contributed by atoms with van der Waals surface area (Å²) in [7, 11) is 1.57. The van der Waals surface area contributed by atoms with Crippen LogP contribution in [0.25, 0.3) is 11.1 Å². The van der Waals surface area contributed by atoms with Crippen LogP contribution in [0.1, 0.15) is 69.8 Å². The molecule has 0 aliphatic heterocycles. The second-order valence-corrected chi connectivity index (χ2v) is 9.73. The first-order chi connectivity index (χ1) is 16.0. The summed E-state index contributed by atoms with van der Waals surface area (Å²) in [5.41, 5.74) is 4.00. The third-order valence-corrected chi connectivity index (χ3v) is 6.01. The van der Waals surface area contributed by atoms with E-state index in [0.717, 1.165) is 22.3 Å². The molecule has 0 saturated carbocycles. The van der Waals surface area contributed by atoms with Crippen molar-refractivity contribution in [2.24, 2.45) is 0 Å². The van der Waals surface area contributed by atoms with Gasteiger partial charge in [0.05, 0.1) is 13.5 Å². The van der Waals surface area contributed by atoms with Crippen molar-refractivity contribution in [2.75, 3.05) is 7.11 Å². The molecule has 5 heteroatoms. The predicted molar refractivity (Wildman–Crippen MR) is 133 cm³/mol. The molecule has 0 amide bonds. The highest BCUT2D eigenvalue weighted by Crippen LogP contribution is 2.38. The average Bonchev–Trinajstić information content (AvgIpc) is 2.78. The summed E-state index contributed by atoms with van der Waals surface area (Å²) in [5.74, 6) is 0.0579. The Morgan fingerprint density at radius 2 is 1.68 bits per heavy atom. The molecule has 3 aromatic rings. The maximum Gasteiger partial charge on any atom is 0.303 e. The number of methoxy groups -OCH3 is 1. The highest BCUT2D eigenvalue weighted by atomic mass is 19.1. The summed E-state index contributed by atoms with van der Waals surface area (Å²) < 4.78 is 26.3. The Labute approximate surface area is 201 Å². The van der Waals surface area contributed by atoms with Crippen molar-refractivity contribution >= 4 is 5.97 Å². The second kappa shape index (κ2) is 10.3. The molecule has 3 aromatic carbocycles. The van der Waals surface area contributed by atoms with Crippen LogP contribution in [0, 0.1) is 5.82 Å². The lowest BCUT2D eigenvalue weighted by Gasteiger charge is -2.26. The Balaban J connectivity index is 1.94. The lowest BCUT2D eigenvalue weighted by Crippen LogP contribution is -2.15. The van der Waals surface area contributed by atoms with Crippen molar-refractivity contribution in [2.45, 2.75) is 58.5 Å². The number of ether oxygens (including phenoxy) is 2. The Morgan fingerprint density at radius 1 is 0.941 bits per heavy atom. The van der Waals surface area contributed by atoms with Crippen LogP contribution in [0.2, 0.25) is 0 Å². The van der Waals surface area contributed by atoms with Crippen molar-refractivity contribution in [3.8, 4) is 22.6 Å². The molecule has 0 aromatic heterocycles. The van der Waals surface area contributed by atoms with Crippen molar-refractivity contribution < 1.29 is 23.8 Å². The number of carboxylic acids is 1. The van der Waals surface area contributed by atoms with E-state index in [1.54, 1.807) is 19.2 Å². The largest absolute Gasteiger partial charge is 0.497 e. The lowest BCUT2D eigenvalue weighted by molar-refractivity contribution is -0.137. The SMILES string of the molecule is COc1ccc(F)c(-c2ccc([C@@H](C)Oc3cccc([C@@H](C)CC(=O)O)c3)cc2C(C)(C)C)c1. The molecule has 1 N–H and O–H groups in total. The molecule has 4 nitrogen and oxygen atoms in total. The van der Waals surface area contributed by atoms with Gasteiger partial charge in [-0.25, -0.2) is 4.39 Å². The van der Waals surface area contributed by atoms with E-state index in [0.29, 0.717) is 17.1 Å². The molecule has 0 aliphatic rings. The Bertz CT molecular complexity index is 1160. The van der Waals surface area contributed by atoms with E-state index in [9.17, 15) is 9.18 Å². The molecule has 180 valence electrons. The second-order valence-electron chi connectivity index (χ2n) is 9.73. The van der Waals surface area contributed by atoms with E-state index in [-0.39, 0.29) is 29.7 Å². The van der Waals surface area contributed by atoms with Crippen LogP contribution in [0.3, 0.4) is 0 Å².